The number of amides is 3. The van der Waals surface area contributed by atoms with Gasteiger partial charge >= 0.3 is 0 Å². The minimum absolute atomic E-state index is 0.0139. The molecule has 0 unspecified atom stereocenters. The molecule has 1 fully saturated rings. The van der Waals surface area contributed by atoms with Gasteiger partial charge in [-0.25, -0.2) is 0 Å². The van der Waals surface area contributed by atoms with E-state index in [9.17, 15) is 43.5 Å². The Morgan fingerprint density at radius 2 is 1.15 bits per heavy atom. The summed E-state index contributed by atoms with van der Waals surface area (Å²) in [5.41, 5.74) is 17.8. The Morgan fingerprint density at radius 3 is 1.65 bits per heavy atom. The third-order valence-electron chi connectivity index (χ3n) is 16.4. The molecule has 0 aromatic heterocycles. The number of Topliss-reactive ketones (excluding diaryl/α,β-unsaturated/α-hetero) is 5. The summed E-state index contributed by atoms with van der Waals surface area (Å²) >= 11 is 4.50. The van der Waals surface area contributed by atoms with Crippen molar-refractivity contribution in [3.8, 4) is 5.75 Å². The predicted octanol–water partition coefficient (Wildman–Crippen LogP) is 3.53. The van der Waals surface area contributed by atoms with Gasteiger partial charge in [0.1, 0.15) is 28.9 Å². The monoisotopic (exact) mass is 1530 g/mol. The number of phenols is 1. The second-order valence-corrected chi connectivity index (χ2v) is 26.4. The summed E-state index contributed by atoms with van der Waals surface area (Å²) in [5.74, 6) is -1.73. The number of nitrogens with one attached hydrogen (secondary N) is 4. The largest absolute Gasteiger partial charge is 0.508 e. The van der Waals surface area contributed by atoms with Crippen molar-refractivity contribution >= 4 is 80.3 Å². The number of primary amides is 1. The third-order valence-corrected chi connectivity index (χ3v) is 18.1. The first-order valence-electron chi connectivity index (χ1n) is 36.4. The molecule has 1 aromatic rings. The van der Waals surface area contributed by atoms with Gasteiger partial charge in [-0.05, 0) is 99.6 Å². The van der Waals surface area contributed by atoms with E-state index in [1.54, 1.807) is 12.1 Å². The molecule has 0 aliphatic carbocycles. The first-order chi connectivity index (χ1) is 49.5. The van der Waals surface area contributed by atoms with Crippen LogP contribution in [-0.4, -0.2) is 277 Å². The number of benzene rings is 1. The first kappa shape index (κ1) is 93.4. The number of aromatic hydroxyl groups is 1. The van der Waals surface area contributed by atoms with Crippen molar-refractivity contribution in [2.75, 3.05) is 202 Å². The fourth-order valence-electron chi connectivity index (χ4n) is 10.3. The van der Waals surface area contributed by atoms with Crippen molar-refractivity contribution in [1.29, 1.82) is 0 Å². The Labute approximate surface area is 617 Å². The fraction of sp³-hybridized carbons (Fsp3) is 0.789. The van der Waals surface area contributed by atoms with E-state index in [1.807, 2.05) is 13.8 Å². The van der Waals surface area contributed by atoms with Crippen LogP contribution >= 0.6 is 27.7 Å². The lowest BCUT2D eigenvalue weighted by Gasteiger charge is -2.25. The number of aliphatic imine (C=N–C) groups is 1. The highest BCUT2D eigenvalue weighted by atomic mass is 79.9. The molecular weight excluding hydrogens is 1410 g/mol. The molecule has 29 nitrogen and oxygen atoms in total. The van der Waals surface area contributed by atoms with Crippen LogP contribution in [0.5, 0.6) is 5.75 Å². The van der Waals surface area contributed by atoms with Gasteiger partial charge in [-0.2, -0.15) is 11.8 Å². The topological polar surface area (TPSA) is 406 Å². The molecule has 0 bridgehead atoms. The summed E-state index contributed by atoms with van der Waals surface area (Å²) in [5, 5.41) is 22.5. The maximum atomic E-state index is 14.2. The molecule has 11 N–H and O–H groups in total. The molecule has 0 saturated carbocycles. The highest BCUT2D eigenvalue weighted by Gasteiger charge is 2.30. The summed E-state index contributed by atoms with van der Waals surface area (Å²) in [4.78, 5) is 109. The number of thioether (sulfide) groups is 1. The van der Waals surface area contributed by atoms with Gasteiger partial charge in [0.2, 0.25) is 17.7 Å². The smallest absolute Gasteiger partial charge is 0.234 e. The number of ketones is 5. The molecule has 2 rings (SSSR count). The number of unbranched alkanes of at least 4 members (excludes halogenated alkanes) is 1. The van der Waals surface area contributed by atoms with E-state index in [2.05, 4.69) is 42.2 Å². The number of guanidine groups is 1. The molecule has 102 heavy (non-hydrogen) atoms. The third kappa shape index (κ3) is 53.1. The number of hydrogen-bond acceptors (Lipinski definition) is 25. The zero-order valence-corrected chi connectivity index (χ0v) is 63.2. The molecule has 1 saturated heterocycles. The van der Waals surface area contributed by atoms with Crippen LogP contribution in [0.25, 0.3) is 0 Å². The standard InChI is InChI=1S/C71H123BrN8O21S/c1-3-55(2)69-65(85)19-14-58(66(86)53-79-62(22-49-102-54-61(83)17-20-68(88)80-69)64(84)18-13-57(8-6-24-77-71(74)75)52-78-63(70(73)89)50-56-11-15-59(81)16-12-56)9-4-5-23-76-67(87)21-26-91-28-30-93-32-34-95-36-38-97-40-42-99-44-46-101-48-47-100-45-43-98-41-39-96-37-35-94-33-31-92-29-27-90-25-7-10-60(82)51-72/h11-12,15-16,55,57-58,62-63,69,78-79,81H,3-10,13-14,17-54H2,1-2H3,(H2,73,89)(H,76,87)(H,80,88)(H4,74,75,77)/t55-,57+,58+,62-,63-,69-/m0/s1. The normalized spacial score (nSPS) is 17.0. The van der Waals surface area contributed by atoms with Crippen LogP contribution in [0.1, 0.15) is 122 Å². The van der Waals surface area contributed by atoms with Crippen LogP contribution < -0.4 is 38.5 Å². The Balaban J connectivity index is 1.64. The van der Waals surface area contributed by atoms with Gasteiger partial charge in [0.05, 0.1) is 188 Å². The van der Waals surface area contributed by atoms with Gasteiger partial charge in [0.25, 0.3) is 0 Å². The van der Waals surface area contributed by atoms with Gasteiger partial charge in [-0.1, -0.05) is 54.8 Å². The van der Waals surface area contributed by atoms with Crippen molar-refractivity contribution in [2.24, 2.45) is 39.9 Å². The SMILES string of the molecule is CC[C@H](C)[C@@H]1NC(=O)CCC(=O)CSCC[C@@H](C(=O)CC[C@@H](CCCN=C(N)N)CN[C@@H](Cc2ccc(O)cc2)C(N)=O)NCC(=O)[C@H](CCCCNC(=O)CCOCCOCCOCCOCCOCCOCCOCCOCCOCCOCCOCCOCCCC(=O)CBr)CCC1=O. The average molecular weight is 1540 g/mol. The number of hydrogen-bond donors (Lipinski definition) is 8. The van der Waals surface area contributed by atoms with E-state index >= 15 is 0 Å². The lowest BCUT2D eigenvalue weighted by atomic mass is 9.87. The van der Waals surface area contributed by atoms with E-state index in [0.717, 1.165) is 12.0 Å². The maximum absolute atomic E-state index is 14.2. The Hall–Kier alpha value is -4.68. The van der Waals surface area contributed by atoms with Crippen LogP contribution in [0.15, 0.2) is 29.3 Å². The van der Waals surface area contributed by atoms with Gasteiger partial charge in [0.15, 0.2) is 11.7 Å². The lowest BCUT2D eigenvalue weighted by Crippen LogP contribution is -2.45. The number of halogens is 1. The van der Waals surface area contributed by atoms with E-state index in [-0.39, 0.29) is 128 Å². The molecule has 31 heteroatoms. The van der Waals surface area contributed by atoms with Crippen molar-refractivity contribution in [1.82, 2.24) is 21.3 Å². The molecule has 3 amide bonds. The first-order valence-corrected chi connectivity index (χ1v) is 38.6. The predicted molar refractivity (Wildman–Crippen MR) is 392 cm³/mol. The number of nitrogens with zero attached hydrogens (tertiary/aromatic N) is 1. The number of carbonyl (C=O) groups excluding carboxylic acids is 8. The Kier molecular flexibility index (Phi) is 59.2. The average Bonchev–Trinajstić information content (AvgIpc) is 0.919. The van der Waals surface area contributed by atoms with Crippen molar-refractivity contribution < 1.29 is 100 Å². The van der Waals surface area contributed by atoms with E-state index < -0.39 is 30.0 Å². The van der Waals surface area contributed by atoms with Crippen LogP contribution in [0.4, 0.5) is 0 Å². The zero-order chi connectivity index (χ0) is 74.3. The van der Waals surface area contributed by atoms with Gasteiger partial charge in [-0.15, -0.1) is 0 Å². The van der Waals surface area contributed by atoms with Crippen LogP contribution in [-0.2, 0) is 102 Å². The number of phenolic OH excluding ortho intramolecular Hbond substituents is 1. The number of carbonyl (C=O) groups is 8. The number of alkyl halides is 1. The molecular formula is C71H123BrN8O21S. The number of rotatable bonds is 62. The molecule has 1 aliphatic rings. The summed E-state index contributed by atoms with van der Waals surface area (Å²) in [6, 6.07) is 4.29. The van der Waals surface area contributed by atoms with E-state index in [1.165, 1.54) is 23.9 Å². The van der Waals surface area contributed by atoms with Gasteiger partial charge in [-0.3, -0.25) is 43.3 Å². The summed E-state index contributed by atoms with van der Waals surface area (Å²) < 4.78 is 66.3. The van der Waals surface area contributed by atoms with Crippen LogP contribution in [0.3, 0.4) is 0 Å². The molecule has 1 aliphatic heterocycles. The van der Waals surface area contributed by atoms with Crippen LogP contribution in [0.2, 0.25) is 0 Å². The molecule has 0 spiro atoms. The van der Waals surface area contributed by atoms with Crippen molar-refractivity contribution in [3.05, 3.63) is 29.8 Å². The minimum Gasteiger partial charge on any atom is -0.508 e. The zero-order valence-electron chi connectivity index (χ0n) is 60.8. The quantitative estimate of drug-likeness (QED) is 0.0200. The van der Waals surface area contributed by atoms with E-state index in [0.29, 0.717) is 240 Å². The molecule has 0 radical (unpaired) electrons. The Bertz CT molecular complexity index is 2410. The van der Waals surface area contributed by atoms with Gasteiger partial charge in [0, 0.05) is 64.1 Å². The van der Waals surface area contributed by atoms with Crippen LogP contribution in [0, 0.1) is 17.8 Å². The number of nitrogens with two attached hydrogens (primary N) is 3. The minimum atomic E-state index is -0.777. The molecule has 1 aromatic carbocycles. The van der Waals surface area contributed by atoms with Crippen molar-refractivity contribution in [3.63, 3.8) is 0 Å². The van der Waals surface area contributed by atoms with E-state index in [4.69, 9.17) is 74.0 Å². The fourth-order valence-corrected chi connectivity index (χ4v) is 11.5. The summed E-state index contributed by atoms with van der Waals surface area (Å²) in [7, 11) is 0. The highest BCUT2D eigenvalue weighted by molar-refractivity contribution is 9.09. The lowest BCUT2D eigenvalue weighted by molar-refractivity contribution is -0.130. The highest BCUT2D eigenvalue weighted by Crippen LogP contribution is 2.22. The molecule has 586 valence electrons. The second kappa shape index (κ2) is 64.7. The Morgan fingerprint density at radius 1 is 0.627 bits per heavy atom. The van der Waals surface area contributed by atoms with Crippen molar-refractivity contribution in [2.45, 2.75) is 141 Å². The number of ether oxygens (including phenoxy) is 12. The van der Waals surface area contributed by atoms with Gasteiger partial charge < -0.3 is 100 Å². The second-order valence-electron chi connectivity index (χ2n) is 24.7. The molecule has 6 atom stereocenters. The summed E-state index contributed by atoms with van der Waals surface area (Å²) in [6.45, 7) is 15.1. The summed E-state index contributed by atoms with van der Waals surface area (Å²) in [6.07, 6.45) is 6.24. The maximum Gasteiger partial charge on any atom is 0.234 e. The molecule has 1 heterocycles.